The standard InChI is InChI=1S/C21H23ClFNO2S/c1-2-25-19-13-16(21(27)24-10-6-3-7-11-24)12-17(22)20(19)26-14-15-8-4-5-9-18(15)23/h4-5,8-9,12-13H,2-3,6-7,10-11,14H2,1H3. The van der Waals surface area contributed by atoms with Crippen LogP contribution in [0.1, 0.15) is 37.3 Å². The Bertz CT molecular complexity index is 809. The normalized spacial score (nSPS) is 14.1. The van der Waals surface area contributed by atoms with Gasteiger partial charge in [-0.05, 0) is 44.4 Å². The largest absolute Gasteiger partial charge is 0.490 e. The molecule has 0 aromatic heterocycles. The molecule has 2 aromatic rings. The van der Waals surface area contributed by atoms with Crippen LogP contribution in [0.25, 0.3) is 0 Å². The van der Waals surface area contributed by atoms with E-state index in [1.54, 1.807) is 24.3 Å². The molecule has 1 saturated heterocycles. The van der Waals surface area contributed by atoms with Crippen molar-refractivity contribution < 1.29 is 13.9 Å². The first-order valence-corrected chi connectivity index (χ1v) is 10.0. The van der Waals surface area contributed by atoms with Crippen LogP contribution in [0.4, 0.5) is 4.39 Å². The maximum absolute atomic E-state index is 13.9. The van der Waals surface area contributed by atoms with Gasteiger partial charge in [0, 0.05) is 24.2 Å². The Morgan fingerprint density at radius 3 is 2.59 bits per heavy atom. The number of likely N-dealkylation sites (tertiary alicyclic amines) is 1. The summed E-state index contributed by atoms with van der Waals surface area (Å²) >= 11 is 12.1. The lowest BCUT2D eigenvalue weighted by Crippen LogP contribution is -2.34. The van der Waals surface area contributed by atoms with Crippen molar-refractivity contribution in [3.63, 3.8) is 0 Å². The molecule has 0 N–H and O–H groups in total. The first kappa shape index (κ1) is 19.9. The molecule has 27 heavy (non-hydrogen) atoms. The van der Waals surface area contributed by atoms with Crippen LogP contribution in [-0.4, -0.2) is 29.6 Å². The lowest BCUT2D eigenvalue weighted by molar-refractivity contribution is 0.266. The highest BCUT2D eigenvalue weighted by atomic mass is 35.5. The van der Waals surface area contributed by atoms with Crippen LogP contribution in [0.15, 0.2) is 36.4 Å². The number of hydrogen-bond acceptors (Lipinski definition) is 3. The van der Waals surface area contributed by atoms with E-state index in [9.17, 15) is 4.39 Å². The second-order valence-corrected chi connectivity index (χ2v) is 7.25. The molecular weight excluding hydrogens is 385 g/mol. The van der Waals surface area contributed by atoms with Crippen LogP contribution >= 0.6 is 23.8 Å². The van der Waals surface area contributed by atoms with Gasteiger partial charge >= 0.3 is 0 Å². The predicted octanol–water partition coefficient (Wildman–Crippen LogP) is 5.62. The van der Waals surface area contributed by atoms with E-state index in [-0.39, 0.29) is 12.4 Å². The van der Waals surface area contributed by atoms with Crippen molar-refractivity contribution >= 4 is 28.8 Å². The van der Waals surface area contributed by atoms with Gasteiger partial charge in [0.2, 0.25) is 0 Å². The highest BCUT2D eigenvalue weighted by molar-refractivity contribution is 7.80. The van der Waals surface area contributed by atoms with Gasteiger partial charge in [0.1, 0.15) is 17.4 Å². The first-order chi connectivity index (χ1) is 13.1. The summed E-state index contributed by atoms with van der Waals surface area (Å²) in [6, 6.07) is 10.2. The maximum Gasteiger partial charge on any atom is 0.180 e. The number of rotatable bonds is 6. The zero-order chi connectivity index (χ0) is 19.2. The average molecular weight is 408 g/mol. The molecule has 0 aliphatic carbocycles. The third kappa shape index (κ3) is 4.90. The molecule has 1 aliphatic heterocycles. The number of thiocarbonyl (C=S) groups is 1. The summed E-state index contributed by atoms with van der Waals surface area (Å²) in [7, 11) is 0. The zero-order valence-corrected chi connectivity index (χ0v) is 16.9. The number of ether oxygens (including phenoxy) is 2. The first-order valence-electron chi connectivity index (χ1n) is 9.22. The van der Waals surface area contributed by atoms with Crippen LogP contribution in [0, 0.1) is 5.82 Å². The molecule has 1 fully saturated rings. The van der Waals surface area contributed by atoms with Crippen LogP contribution in [-0.2, 0) is 6.61 Å². The third-order valence-electron chi connectivity index (χ3n) is 4.53. The SMILES string of the molecule is CCOc1cc(C(=S)N2CCCCC2)cc(Cl)c1OCc1ccccc1F. The molecule has 1 heterocycles. The molecule has 3 nitrogen and oxygen atoms in total. The van der Waals surface area contributed by atoms with Crippen molar-refractivity contribution in [2.45, 2.75) is 32.8 Å². The minimum Gasteiger partial charge on any atom is -0.490 e. The fourth-order valence-electron chi connectivity index (χ4n) is 3.14. The molecule has 0 amide bonds. The number of hydrogen-bond donors (Lipinski definition) is 0. The summed E-state index contributed by atoms with van der Waals surface area (Å²) in [5, 5.41) is 0.409. The van der Waals surface area contributed by atoms with Crippen molar-refractivity contribution in [3.8, 4) is 11.5 Å². The topological polar surface area (TPSA) is 21.7 Å². The van der Waals surface area contributed by atoms with E-state index in [2.05, 4.69) is 4.90 Å². The Morgan fingerprint density at radius 1 is 1.15 bits per heavy atom. The molecule has 6 heteroatoms. The molecule has 3 rings (SSSR count). The van der Waals surface area contributed by atoms with Gasteiger partial charge in [0.05, 0.1) is 11.6 Å². The van der Waals surface area contributed by atoms with Crippen LogP contribution in [0.2, 0.25) is 5.02 Å². The fraction of sp³-hybridized carbons (Fsp3) is 0.381. The number of halogens is 2. The van der Waals surface area contributed by atoms with Crippen molar-refractivity contribution in [1.29, 1.82) is 0 Å². The summed E-state index contributed by atoms with van der Waals surface area (Å²) in [5.41, 5.74) is 1.31. The molecule has 2 aromatic carbocycles. The molecule has 0 unspecified atom stereocenters. The second-order valence-electron chi connectivity index (χ2n) is 6.45. The van der Waals surface area contributed by atoms with E-state index >= 15 is 0 Å². The Hall–Kier alpha value is -1.85. The van der Waals surface area contributed by atoms with Gasteiger partial charge in [-0.1, -0.05) is 42.0 Å². The van der Waals surface area contributed by atoms with Crippen LogP contribution < -0.4 is 9.47 Å². The van der Waals surface area contributed by atoms with Gasteiger partial charge in [0.25, 0.3) is 0 Å². The van der Waals surface area contributed by atoms with Gasteiger partial charge < -0.3 is 14.4 Å². The highest BCUT2D eigenvalue weighted by Gasteiger charge is 2.19. The monoisotopic (exact) mass is 407 g/mol. The van der Waals surface area contributed by atoms with Crippen molar-refractivity contribution in [2.75, 3.05) is 19.7 Å². The van der Waals surface area contributed by atoms with E-state index in [0.717, 1.165) is 36.5 Å². The van der Waals surface area contributed by atoms with Gasteiger partial charge in [0.15, 0.2) is 11.5 Å². The highest BCUT2D eigenvalue weighted by Crippen LogP contribution is 2.38. The average Bonchev–Trinajstić information content (AvgIpc) is 2.68. The Labute approximate surface area is 170 Å². The molecule has 1 aliphatic rings. The van der Waals surface area contributed by atoms with E-state index in [4.69, 9.17) is 33.3 Å². The minimum absolute atomic E-state index is 0.0718. The summed E-state index contributed by atoms with van der Waals surface area (Å²) < 4.78 is 25.4. The van der Waals surface area contributed by atoms with E-state index in [0.29, 0.717) is 28.7 Å². The quantitative estimate of drug-likeness (QED) is 0.579. The molecule has 144 valence electrons. The Balaban J connectivity index is 1.83. The van der Waals surface area contributed by atoms with Crippen LogP contribution in [0.3, 0.4) is 0 Å². The van der Waals surface area contributed by atoms with Crippen molar-refractivity contribution in [3.05, 3.63) is 58.4 Å². The number of piperidine rings is 1. The Morgan fingerprint density at radius 2 is 1.89 bits per heavy atom. The number of benzene rings is 2. The zero-order valence-electron chi connectivity index (χ0n) is 15.3. The van der Waals surface area contributed by atoms with Gasteiger partial charge in [-0.15, -0.1) is 0 Å². The second kappa shape index (κ2) is 9.38. The summed E-state index contributed by atoms with van der Waals surface area (Å²) in [6.45, 7) is 4.36. The lowest BCUT2D eigenvalue weighted by atomic mass is 10.1. The molecule has 0 radical (unpaired) electrons. The Kier molecular flexibility index (Phi) is 6.91. The third-order valence-corrected chi connectivity index (χ3v) is 5.30. The summed E-state index contributed by atoms with van der Waals surface area (Å²) in [6.07, 6.45) is 3.54. The van der Waals surface area contributed by atoms with Gasteiger partial charge in [-0.25, -0.2) is 4.39 Å². The smallest absolute Gasteiger partial charge is 0.180 e. The van der Waals surface area contributed by atoms with E-state index in [1.807, 2.05) is 13.0 Å². The molecule has 0 atom stereocenters. The van der Waals surface area contributed by atoms with E-state index < -0.39 is 0 Å². The predicted molar refractivity (Wildman–Crippen MR) is 110 cm³/mol. The number of nitrogens with zero attached hydrogens (tertiary/aromatic N) is 1. The van der Waals surface area contributed by atoms with Gasteiger partial charge in [-0.2, -0.15) is 0 Å². The maximum atomic E-state index is 13.9. The molecule has 0 spiro atoms. The summed E-state index contributed by atoms with van der Waals surface area (Å²) in [5.74, 6) is 0.622. The molecule has 0 saturated carbocycles. The lowest BCUT2D eigenvalue weighted by Gasteiger charge is -2.29. The minimum atomic E-state index is -0.311. The van der Waals surface area contributed by atoms with Crippen molar-refractivity contribution in [2.24, 2.45) is 0 Å². The molecular formula is C21H23ClFNO2S. The van der Waals surface area contributed by atoms with Gasteiger partial charge in [-0.3, -0.25) is 0 Å². The fourth-order valence-corrected chi connectivity index (χ4v) is 3.71. The summed E-state index contributed by atoms with van der Waals surface area (Å²) in [4.78, 5) is 2.98. The van der Waals surface area contributed by atoms with Crippen LogP contribution in [0.5, 0.6) is 11.5 Å². The van der Waals surface area contributed by atoms with Crippen molar-refractivity contribution in [1.82, 2.24) is 4.90 Å². The molecule has 0 bridgehead atoms. The van der Waals surface area contributed by atoms with E-state index in [1.165, 1.54) is 12.5 Å².